The Morgan fingerprint density at radius 3 is 2.32 bits per heavy atom. The van der Waals surface area contributed by atoms with Crippen LogP contribution in [0, 0.1) is 0 Å². The topological polar surface area (TPSA) is 43.8 Å². The molecule has 4 nitrogen and oxygen atoms in total. The summed E-state index contributed by atoms with van der Waals surface area (Å²) in [5.41, 5.74) is 1.54. The van der Waals surface area contributed by atoms with Crippen LogP contribution in [0.15, 0.2) is 24.3 Å². The Bertz CT molecular complexity index is 420. The van der Waals surface area contributed by atoms with Gasteiger partial charge >= 0.3 is 5.97 Å². The second kappa shape index (κ2) is 6.17. The number of carboxylic acids is 1. The fraction of sp³-hybridized carbons (Fsp3) is 0.533. The summed E-state index contributed by atoms with van der Waals surface area (Å²) in [6, 6.07) is 7.91. The van der Waals surface area contributed by atoms with Gasteiger partial charge in [0.1, 0.15) is 0 Å². The molecule has 1 heterocycles. The maximum absolute atomic E-state index is 10.8. The Balaban J connectivity index is 1.87. The molecular weight excluding hydrogens is 240 g/mol. The van der Waals surface area contributed by atoms with Crippen LogP contribution >= 0.6 is 0 Å². The van der Waals surface area contributed by atoms with E-state index in [1.165, 1.54) is 18.4 Å². The van der Waals surface area contributed by atoms with Crippen molar-refractivity contribution in [1.29, 1.82) is 0 Å². The molecule has 0 aliphatic carbocycles. The first-order valence-electron chi connectivity index (χ1n) is 6.77. The number of piperidine rings is 1. The quantitative estimate of drug-likeness (QED) is 0.900. The smallest absolute Gasteiger partial charge is 0.335 e. The molecule has 1 aliphatic heterocycles. The Labute approximate surface area is 114 Å². The van der Waals surface area contributed by atoms with Crippen LogP contribution in [0.1, 0.15) is 28.8 Å². The number of carbonyl (C=O) groups is 1. The largest absolute Gasteiger partial charge is 0.478 e. The van der Waals surface area contributed by atoms with Crippen molar-refractivity contribution < 1.29 is 9.90 Å². The van der Waals surface area contributed by atoms with Crippen LogP contribution in [-0.2, 0) is 6.54 Å². The maximum atomic E-state index is 10.8. The number of rotatable bonds is 4. The highest BCUT2D eigenvalue weighted by atomic mass is 16.4. The van der Waals surface area contributed by atoms with Gasteiger partial charge in [-0.1, -0.05) is 12.1 Å². The van der Waals surface area contributed by atoms with Crippen molar-refractivity contribution in [3.63, 3.8) is 0 Å². The van der Waals surface area contributed by atoms with Gasteiger partial charge in [-0.25, -0.2) is 4.79 Å². The Kier molecular flexibility index (Phi) is 4.56. The third kappa shape index (κ3) is 3.78. The number of aromatic carboxylic acids is 1. The summed E-state index contributed by atoms with van der Waals surface area (Å²) >= 11 is 0. The molecule has 1 aliphatic rings. The standard InChI is InChI=1S/C15H22N2O2/c1-16(2)14-7-9-17(10-8-14)11-12-3-5-13(6-4-12)15(18)19/h3-6,14H,7-11H2,1-2H3,(H,18,19). The van der Waals surface area contributed by atoms with Crippen molar-refractivity contribution in [3.05, 3.63) is 35.4 Å². The molecule has 2 rings (SSSR count). The highest BCUT2D eigenvalue weighted by molar-refractivity contribution is 5.87. The molecule has 1 saturated heterocycles. The van der Waals surface area contributed by atoms with E-state index in [1.54, 1.807) is 12.1 Å². The van der Waals surface area contributed by atoms with Gasteiger partial charge in [-0.2, -0.15) is 0 Å². The first-order chi connectivity index (χ1) is 9.06. The van der Waals surface area contributed by atoms with Gasteiger partial charge in [0.15, 0.2) is 0 Å². The van der Waals surface area contributed by atoms with E-state index in [1.807, 2.05) is 12.1 Å². The summed E-state index contributed by atoms with van der Waals surface area (Å²) < 4.78 is 0. The molecule has 104 valence electrons. The maximum Gasteiger partial charge on any atom is 0.335 e. The van der Waals surface area contributed by atoms with E-state index in [0.29, 0.717) is 11.6 Å². The van der Waals surface area contributed by atoms with Gasteiger partial charge in [0.25, 0.3) is 0 Å². The fourth-order valence-electron chi connectivity index (χ4n) is 2.60. The number of benzene rings is 1. The molecule has 4 heteroatoms. The van der Waals surface area contributed by atoms with Gasteiger partial charge in [-0.15, -0.1) is 0 Å². The van der Waals surface area contributed by atoms with Gasteiger partial charge in [0.2, 0.25) is 0 Å². The Hall–Kier alpha value is -1.39. The van der Waals surface area contributed by atoms with Crippen LogP contribution in [0.5, 0.6) is 0 Å². The lowest BCUT2D eigenvalue weighted by Crippen LogP contribution is -2.41. The molecule has 0 aromatic heterocycles. The molecule has 0 amide bonds. The SMILES string of the molecule is CN(C)C1CCN(Cc2ccc(C(=O)O)cc2)CC1. The Morgan fingerprint density at radius 2 is 1.84 bits per heavy atom. The van der Waals surface area contributed by atoms with Crippen molar-refractivity contribution in [3.8, 4) is 0 Å². The second-order valence-electron chi connectivity index (χ2n) is 5.47. The minimum absolute atomic E-state index is 0.357. The van der Waals surface area contributed by atoms with Gasteiger partial charge in [-0.05, 0) is 57.7 Å². The lowest BCUT2D eigenvalue weighted by molar-refractivity contribution is 0.0697. The molecule has 0 unspecified atom stereocenters. The van der Waals surface area contributed by atoms with Gasteiger partial charge < -0.3 is 10.0 Å². The summed E-state index contributed by atoms with van der Waals surface area (Å²) in [6.45, 7) is 3.15. The van der Waals surface area contributed by atoms with Crippen LogP contribution in [0.4, 0.5) is 0 Å². The normalized spacial score (nSPS) is 17.8. The van der Waals surface area contributed by atoms with Crippen LogP contribution < -0.4 is 0 Å². The highest BCUT2D eigenvalue weighted by Gasteiger charge is 2.20. The van der Waals surface area contributed by atoms with E-state index in [2.05, 4.69) is 23.9 Å². The monoisotopic (exact) mass is 262 g/mol. The fourth-order valence-corrected chi connectivity index (χ4v) is 2.60. The second-order valence-corrected chi connectivity index (χ2v) is 5.47. The number of carboxylic acid groups (broad SMARTS) is 1. The van der Waals surface area contributed by atoms with Crippen LogP contribution in [-0.4, -0.2) is 54.1 Å². The molecule has 0 spiro atoms. The minimum Gasteiger partial charge on any atom is -0.478 e. The van der Waals surface area contributed by atoms with Gasteiger partial charge in [0, 0.05) is 12.6 Å². The van der Waals surface area contributed by atoms with Gasteiger partial charge in [0.05, 0.1) is 5.56 Å². The Morgan fingerprint density at radius 1 is 1.26 bits per heavy atom. The zero-order chi connectivity index (χ0) is 13.8. The van der Waals surface area contributed by atoms with Crippen molar-refractivity contribution in [2.45, 2.75) is 25.4 Å². The molecule has 0 radical (unpaired) electrons. The molecular formula is C15H22N2O2. The average molecular weight is 262 g/mol. The molecule has 1 N–H and O–H groups in total. The van der Waals surface area contributed by atoms with E-state index in [0.717, 1.165) is 19.6 Å². The lowest BCUT2D eigenvalue weighted by atomic mass is 10.0. The van der Waals surface area contributed by atoms with Crippen LogP contribution in [0.2, 0.25) is 0 Å². The van der Waals surface area contributed by atoms with Crippen molar-refractivity contribution in [2.24, 2.45) is 0 Å². The summed E-state index contributed by atoms with van der Waals surface area (Å²) in [4.78, 5) is 15.5. The minimum atomic E-state index is -0.863. The van der Waals surface area contributed by atoms with E-state index < -0.39 is 5.97 Å². The van der Waals surface area contributed by atoms with E-state index in [9.17, 15) is 4.79 Å². The van der Waals surface area contributed by atoms with Gasteiger partial charge in [-0.3, -0.25) is 4.90 Å². The summed E-state index contributed by atoms with van der Waals surface area (Å²) in [5, 5.41) is 8.86. The molecule has 1 fully saturated rings. The van der Waals surface area contributed by atoms with E-state index >= 15 is 0 Å². The first-order valence-corrected chi connectivity index (χ1v) is 6.77. The molecule has 0 bridgehead atoms. The van der Waals surface area contributed by atoms with Crippen molar-refractivity contribution >= 4 is 5.97 Å². The van der Waals surface area contributed by atoms with Crippen molar-refractivity contribution in [1.82, 2.24) is 9.80 Å². The molecule has 0 atom stereocenters. The van der Waals surface area contributed by atoms with Crippen LogP contribution in [0.25, 0.3) is 0 Å². The molecule has 1 aromatic rings. The third-order valence-corrected chi connectivity index (χ3v) is 3.89. The number of likely N-dealkylation sites (tertiary alicyclic amines) is 1. The zero-order valence-corrected chi connectivity index (χ0v) is 11.7. The summed E-state index contributed by atoms with van der Waals surface area (Å²) in [6.07, 6.45) is 2.42. The molecule has 19 heavy (non-hydrogen) atoms. The highest BCUT2D eigenvalue weighted by Crippen LogP contribution is 2.16. The summed E-state index contributed by atoms with van der Waals surface area (Å²) in [5.74, 6) is -0.863. The molecule has 1 aromatic carbocycles. The van der Waals surface area contributed by atoms with E-state index in [-0.39, 0.29) is 0 Å². The number of nitrogens with zero attached hydrogens (tertiary/aromatic N) is 2. The van der Waals surface area contributed by atoms with Crippen molar-refractivity contribution in [2.75, 3.05) is 27.2 Å². The average Bonchev–Trinajstić information content (AvgIpc) is 2.40. The molecule has 0 saturated carbocycles. The third-order valence-electron chi connectivity index (χ3n) is 3.89. The predicted molar refractivity (Wildman–Crippen MR) is 75.4 cm³/mol. The van der Waals surface area contributed by atoms with Crippen LogP contribution in [0.3, 0.4) is 0 Å². The zero-order valence-electron chi connectivity index (χ0n) is 11.7. The number of hydrogen-bond acceptors (Lipinski definition) is 3. The number of hydrogen-bond donors (Lipinski definition) is 1. The lowest BCUT2D eigenvalue weighted by Gasteiger charge is -2.35. The first kappa shape index (κ1) is 14.0. The predicted octanol–water partition coefficient (Wildman–Crippen LogP) is 1.91. The summed E-state index contributed by atoms with van der Waals surface area (Å²) in [7, 11) is 4.29. The van der Waals surface area contributed by atoms with E-state index in [4.69, 9.17) is 5.11 Å².